The van der Waals surface area contributed by atoms with Gasteiger partial charge in [0, 0.05) is 36.7 Å². The number of aromatic nitrogens is 5. The highest BCUT2D eigenvalue weighted by atomic mass is 16.1. The minimum Gasteiger partial charge on any atom is -0.383 e. The first kappa shape index (κ1) is 21.6. The zero-order chi connectivity index (χ0) is 24.0. The summed E-state index contributed by atoms with van der Waals surface area (Å²) in [6.07, 6.45) is 9.12. The Morgan fingerprint density at radius 3 is 2.76 bits per heavy atom. The third-order valence-corrected chi connectivity index (χ3v) is 6.45. The van der Waals surface area contributed by atoms with Crippen LogP contribution in [-0.2, 0) is 6.54 Å². The number of aryl methyl sites for hydroxylation is 3. The first-order valence-corrected chi connectivity index (χ1v) is 11.2. The Kier molecular flexibility index (Phi) is 5.28. The van der Waals surface area contributed by atoms with Gasteiger partial charge in [0.1, 0.15) is 11.5 Å². The number of imidazole rings is 1. The molecule has 5 rings (SSSR count). The topological polar surface area (TPSA) is 103 Å². The van der Waals surface area contributed by atoms with E-state index in [1.807, 2.05) is 61.8 Å². The number of hydrogen-bond donors (Lipinski definition) is 2. The Bertz CT molecular complexity index is 1550. The predicted molar refractivity (Wildman–Crippen MR) is 133 cm³/mol. The maximum Gasteiger partial charge on any atom is 0.254 e. The number of nitrogen functional groups attached to an aromatic ring is 1. The van der Waals surface area contributed by atoms with Gasteiger partial charge in [0.15, 0.2) is 0 Å². The van der Waals surface area contributed by atoms with Crippen molar-refractivity contribution in [1.82, 2.24) is 29.5 Å². The van der Waals surface area contributed by atoms with Crippen molar-refractivity contribution in [3.8, 4) is 0 Å². The summed E-state index contributed by atoms with van der Waals surface area (Å²) in [6, 6.07) is 7.92. The summed E-state index contributed by atoms with van der Waals surface area (Å²) in [5.41, 5.74) is 12.7. The molecule has 0 spiro atoms. The smallest absolute Gasteiger partial charge is 0.254 e. The monoisotopic (exact) mass is 453 g/mol. The molecule has 34 heavy (non-hydrogen) atoms. The summed E-state index contributed by atoms with van der Waals surface area (Å²) in [5.74, 6) is 0.346. The van der Waals surface area contributed by atoms with Gasteiger partial charge < -0.3 is 15.5 Å². The molecule has 0 saturated heterocycles. The summed E-state index contributed by atoms with van der Waals surface area (Å²) >= 11 is 0. The normalized spacial score (nSPS) is 12.4. The number of carbonyl (C=O) groups excluding carboxylic acids is 1. The van der Waals surface area contributed by atoms with E-state index in [0.717, 1.165) is 38.8 Å². The number of benzene rings is 1. The predicted octanol–water partition coefficient (Wildman–Crippen LogP) is 4.13. The highest BCUT2D eigenvalue weighted by Crippen LogP contribution is 2.28. The van der Waals surface area contributed by atoms with Crippen molar-refractivity contribution in [2.45, 2.75) is 40.3 Å². The molecule has 0 aliphatic rings. The molecule has 8 nitrogen and oxygen atoms in total. The quantitative estimate of drug-likeness (QED) is 0.417. The van der Waals surface area contributed by atoms with E-state index in [0.29, 0.717) is 17.9 Å². The number of nitrogens with two attached hydrogens (primary N) is 1. The van der Waals surface area contributed by atoms with Gasteiger partial charge in [-0.3, -0.25) is 9.48 Å². The lowest BCUT2D eigenvalue weighted by molar-refractivity contribution is 0.0950. The Labute approximate surface area is 197 Å². The van der Waals surface area contributed by atoms with Crippen molar-refractivity contribution >= 4 is 28.1 Å². The number of pyridine rings is 2. The van der Waals surface area contributed by atoms with Crippen molar-refractivity contribution in [3.05, 3.63) is 88.8 Å². The Morgan fingerprint density at radius 2 is 1.94 bits per heavy atom. The summed E-state index contributed by atoms with van der Waals surface area (Å²) < 4.78 is 3.78. The number of nitrogens with zero attached hydrogens (tertiary/aromatic N) is 5. The highest BCUT2D eigenvalue weighted by molar-refractivity contribution is 5.95. The van der Waals surface area contributed by atoms with Crippen LogP contribution in [0.15, 0.2) is 55.2 Å². The second-order valence-corrected chi connectivity index (χ2v) is 8.79. The zero-order valence-electron chi connectivity index (χ0n) is 19.7. The van der Waals surface area contributed by atoms with Gasteiger partial charge >= 0.3 is 0 Å². The molecule has 0 aliphatic carbocycles. The van der Waals surface area contributed by atoms with Crippen molar-refractivity contribution < 1.29 is 4.79 Å². The third-order valence-electron chi connectivity index (χ3n) is 6.45. The summed E-state index contributed by atoms with van der Waals surface area (Å²) in [6.45, 7) is 8.56. The molecule has 5 aromatic rings. The lowest BCUT2D eigenvalue weighted by Gasteiger charge is -2.14. The first-order valence-electron chi connectivity index (χ1n) is 11.2. The molecule has 172 valence electrons. The van der Waals surface area contributed by atoms with Gasteiger partial charge in [-0.2, -0.15) is 5.10 Å². The van der Waals surface area contributed by atoms with E-state index in [-0.39, 0.29) is 11.9 Å². The van der Waals surface area contributed by atoms with Gasteiger partial charge in [0.25, 0.3) is 5.91 Å². The van der Waals surface area contributed by atoms with Crippen molar-refractivity contribution in [2.75, 3.05) is 5.73 Å². The lowest BCUT2D eigenvalue weighted by Crippen LogP contribution is -2.23. The molecule has 1 unspecified atom stereocenters. The number of rotatable bonds is 5. The second-order valence-electron chi connectivity index (χ2n) is 8.79. The van der Waals surface area contributed by atoms with Gasteiger partial charge in [-0.25, -0.2) is 9.97 Å². The van der Waals surface area contributed by atoms with Gasteiger partial charge in [-0.15, -0.1) is 0 Å². The number of nitrogens with one attached hydrogen (secondary N) is 1. The van der Waals surface area contributed by atoms with Gasteiger partial charge in [-0.05, 0) is 73.5 Å². The maximum absolute atomic E-state index is 12.9. The van der Waals surface area contributed by atoms with Gasteiger partial charge in [0.2, 0.25) is 0 Å². The van der Waals surface area contributed by atoms with Crippen molar-refractivity contribution in [1.29, 1.82) is 0 Å². The molecule has 0 radical (unpaired) electrons. The average Bonchev–Trinajstić information content (AvgIpc) is 3.46. The summed E-state index contributed by atoms with van der Waals surface area (Å²) in [4.78, 5) is 21.8. The number of carbonyl (C=O) groups is 1. The fourth-order valence-electron chi connectivity index (χ4n) is 4.40. The largest absolute Gasteiger partial charge is 0.383 e. The van der Waals surface area contributed by atoms with E-state index in [2.05, 4.69) is 22.3 Å². The average molecular weight is 454 g/mol. The molecular formula is C26H27N7O. The highest BCUT2D eigenvalue weighted by Gasteiger charge is 2.17. The van der Waals surface area contributed by atoms with Crippen molar-refractivity contribution in [2.24, 2.45) is 0 Å². The number of fused-ring (bicyclic) bond motifs is 2. The van der Waals surface area contributed by atoms with Crippen LogP contribution in [0.5, 0.6) is 0 Å². The van der Waals surface area contributed by atoms with E-state index in [1.165, 1.54) is 5.56 Å². The fourth-order valence-corrected chi connectivity index (χ4v) is 4.40. The zero-order valence-corrected chi connectivity index (χ0v) is 19.7. The van der Waals surface area contributed by atoms with E-state index in [9.17, 15) is 4.79 Å². The molecule has 4 heterocycles. The standard InChI is InChI=1S/C26H27N7O/c1-15-5-6-24-31-23(14-32(24)12-15)18(4)33-13-19(10-30-33)26(34)29-11-22-16(2)9-21-20(17(22)3)7-8-28-25(21)27/h5-10,12-14,18H,11H2,1-4H3,(H2,27,28)(H,29,34). The maximum atomic E-state index is 12.9. The Morgan fingerprint density at radius 1 is 1.12 bits per heavy atom. The molecule has 1 aromatic carbocycles. The number of hydrogen-bond acceptors (Lipinski definition) is 5. The van der Waals surface area contributed by atoms with Gasteiger partial charge in [-0.1, -0.05) is 6.07 Å². The van der Waals surface area contributed by atoms with Crippen LogP contribution in [0.3, 0.4) is 0 Å². The molecule has 0 saturated carbocycles. The lowest BCUT2D eigenvalue weighted by atomic mass is 9.96. The molecular weight excluding hydrogens is 426 g/mol. The van der Waals surface area contributed by atoms with Crippen molar-refractivity contribution in [3.63, 3.8) is 0 Å². The van der Waals surface area contributed by atoms with E-state index in [4.69, 9.17) is 10.7 Å². The van der Waals surface area contributed by atoms with Crippen LogP contribution >= 0.6 is 0 Å². The fraction of sp³-hybridized carbons (Fsp3) is 0.231. The number of anilines is 1. The Balaban J connectivity index is 1.33. The van der Waals surface area contributed by atoms with E-state index in [1.54, 1.807) is 23.3 Å². The first-order chi connectivity index (χ1) is 16.3. The van der Waals surface area contributed by atoms with Crippen LogP contribution < -0.4 is 11.1 Å². The molecule has 0 fully saturated rings. The molecule has 1 amide bonds. The molecule has 0 bridgehead atoms. The third kappa shape index (κ3) is 3.77. The Hall–Kier alpha value is -4.20. The molecule has 1 atom stereocenters. The minimum absolute atomic E-state index is 0.106. The van der Waals surface area contributed by atoms with Crippen LogP contribution in [-0.4, -0.2) is 30.1 Å². The van der Waals surface area contributed by atoms with E-state index < -0.39 is 0 Å². The molecule has 4 aromatic heterocycles. The van der Waals surface area contributed by atoms with Crippen LogP contribution in [0.25, 0.3) is 16.4 Å². The molecule has 3 N–H and O–H groups in total. The SMILES string of the molecule is Cc1ccc2nc(C(C)n3cc(C(=O)NCc4c(C)cc5c(N)nccc5c4C)cn3)cn2c1. The molecule has 8 heteroatoms. The van der Waals surface area contributed by atoms with Crippen LogP contribution in [0.2, 0.25) is 0 Å². The van der Waals surface area contributed by atoms with Gasteiger partial charge in [0.05, 0.1) is 23.5 Å². The summed E-state index contributed by atoms with van der Waals surface area (Å²) in [7, 11) is 0. The summed E-state index contributed by atoms with van der Waals surface area (Å²) in [5, 5.41) is 9.45. The number of amides is 1. The van der Waals surface area contributed by atoms with Crippen LogP contribution in [0.4, 0.5) is 5.82 Å². The minimum atomic E-state index is -0.169. The van der Waals surface area contributed by atoms with Crippen LogP contribution in [0, 0.1) is 20.8 Å². The second kappa shape index (κ2) is 8.30. The van der Waals surface area contributed by atoms with Crippen LogP contribution in [0.1, 0.15) is 51.3 Å². The molecule has 0 aliphatic heterocycles. The van der Waals surface area contributed by atoms with E-state index >= 15 is 0 Å².